The van der Waals surface area contributed by atoms with Gasteiger partial charge in [0.25, 0.3) is 5.91 Å². The summed E-state index contributed by atoms with van der Waals surface area (Å²) in [4.78, 5) is 37.1. The van der Waals surface area contributed by atoms with E-state index in [1.165, 1.54) is 11.8 Å². The van der Waals surface area contributed by atoms with Crippen molar-refractivity contribution in [1.82, 2.24) is 15.8 Å². The van der Waals surface area contributed by atoms with E-state index in [4.69, 9.17) is 9.47 Å². The van der Waals surface area contributed by atoms with Crippen molar-refractivity contribution in [2.45, 2.75) is 37.1 Å². The summed E-state index contributed by atoms with van der Waals surface area (Å²) in [6.45, 7) is 4.63. The third-order valence-electron chi connectivity index (χ3n) is 4.29. The van der Waals surface area contributed by atoms with Gasteiger partial charge in [-0.25, -0.2) is 4.79 Å². The summed E-state index contributed by atoms with van der Waals surface area (Å²) in [5.41, 5.74) is 1.39. The number of imide groups is 1. The molecule has 9 heteroatoms. The van der Waals surface area contributed by atoms with E-state index in [-0.39, 0.29) is 5.75 Å². The minimum absolute atomic E-state index is 0.0551. The molecule has 2 aliphatic heterocycles. The molecule has 2 N–H and O–H groups in total. The lowest BCUT2D eigenvalue weighted by atomic mass is 10.00. The quantitative estimate of drug-likeness (QED) is 0.597. The maximum absolute atomic E-state index is 12.3. The Morgan fingerprint density at radius 3 is 2.73 bits per heavy atom. The van der Waals surface area contributed by atoms with E-state index in [0.29, 0.717) is 31.1 Å². The first-order valence-corrected chi connectivity index (χ1v) is 9.40. The maximum atomic E-state index is 12.3. The summed E-state index contributed by atoms with van der Waals surface area (Å²) in [6, 6.07) is 4.85. The van der Waals surface area contributed by atoms with Gasteiger partial charge < -0.3 is 14.8 Å². The third-order valence-corrected chi connectivity index (χ3v) is 5.29. The molecule has 1 fully saturated rings. The zero-order valence-electron chi connectivity index (χ0n) is 14.7. The monoisotopic (exact) mass is 379 g/mol. The molecule has 8 nitrogen and oxygen atoms in total. The number of hydrogen-bond donors (Lipinski definition) is 2. The largest absolute Gasteiger partial charge is 0.490 e. The summed E-state index contributed by atoms with van der Waals surface area (Å²) in [7, 11) is 0. The zero-order valence-corrected chi connectivity index (χ0v) is 15.5. The fourth-order valence-corrected chi connectivity index (χ4v) is 3.28. The number of amides is 4. The molecule has 0 bridgehead atoms. The van der Waals surface area contributed by atoms with Crippen molar-refractivity contribution in [1.29, 1.82) is 0 Å². The minimum Gasteiger partial charge on any atom is -0.490 e. The molecule has 2 heterocycles. The average molecular weight is 379 g/mol. The molecule has 1 unspecified atom stereocenters. The van der Waals surface area contributed by atoms with Gasteiger partial charge in [0.2, 0.25) is 5.91 Å². The molecule has 1 saturated heterocycles. The van der Waals surface area contributed by atoms with Crippen LogP contribution < -0.4 is 20.2 Å². The number of benzene rings is 1. The second-order valence-corrected chi connectivity index (χ2v) is 7.29. The summed E-state index contributed by atoms with van der Waals surface area (Å²) < 4.78 is 11.2. The van der Waals surface area contributed by atoms with Gasteiger partial charge in [-0.2, -0.15) is 5.01 Å². The molecule has 2 aliphatic rings. The lowest BCUT2D eigenvalue weighted by molar-refractivity contribution is -0.137. The van der Waals surface area contributed by atoms with E-state index in [0.717, 1.165) is 16.3 Å². The molecule has 140 valence electrons. The predicted octanol–water partition coefficient (Wildman–Crippen LogP) is 1.69. The fraction of sp³-hybridized carbons (Fsp3) is 0.471. The molecule has 0 saturated carbocycles. The van der Waals surface area contributed by atoms with E-state index in [9.17, 15) is 14.4 Å². The molecule has 0 radical (unpaired) electrons. The molecular formula is C17H21N3O5S. The highest BCUT2D eigenvalue weighted by molar-refractivity contribution is 8.00. The normalized spacial score (nSPS) is 22.0. The van der Waals surface area contributed by atoms with Crippen LogP contribution in [0.3, 0.4) is 0 Å². The van der Waals surface area contributed by atoms with E-state index in [1.807, 2.05) is 18.2 Å². The summed E-state index contributed by atoms with van der Waals surface area (Å²) >= 11 is 1.28. The van der Waals surface area contributed by atoms with Crippen LogP contribution in [0.2, 0.25) is 0 Å². The number of hydrazine groups is 1. The molecule has 0 spiro atoms. The second kappa shape index (κ2) is 7.45. The summed E-state index contributed by atoms with van der Waals surface area (Å²) in [5.74, 6) is 0.500. The Morgan fingerprint density at radius 2 is 2.04 bits per heavy atom. The van der Waals surface area contributed by atoms with Crippen molar-refractivity contribution >= 4 is 29.6 Å². The molecule has 0 aliphatic carbocycles. The number of fused-ring (bicyclic) bond motifs is 1. The van der Waals surface area contributed by atoms with Crippen LogP contribution in [0.4, 0.5) is 4.79 Å². The molecule has 1 aromatic rings. The summed E-state index contributed by atoms with van der Waals surface area (Å²) in [6.07, 6.45) is 1.26. The van der Waals surface area contributed by atoms with Crippen LogP contribution >= 0.6 is 11.8 Å². The van der Waals surface area contributed by atoms with Gasteiger partial charge in [-0.05, 0) is 31.5 Å². The number of thioether (sulfide) groups is 1. The first-order chi connectivity index (χ1) is 12.4. The standard InChI is InChI=1S/C17H21N3O5S/c1-3-17(2)15(22)20(16(23)18-17)19-14(21)10-26-11-5-6-12-13(9-11)25-8-4-7-24-12/h5-6,9H,3-4,7-8,10H2,1-2H3,(H,18,23)(H,19,21). The Kier molecular flexibility index (Phi) is 5.26. The van der Waals surface area contributed by atoms with Gasteiger partial charge in [0.15, 0.2) is 11.5 Å². The van der Waals surface area contributed by atoms with Gasteiger partial charge in [0.05, 0.1) is 19.0 Å². The third kappa shape index (κ3) is 3.72. The molecule has 1 aromatic carbocycles. The van der Waals surface area contributed by atoms with Gasteiger partial charge in [-0.15, -0.1) is 11.8 Å². The van der Waals surface area contributed by atoms with Crippen LogP contribution in [-0.2, 0) is 9.59 Å². The molecule has 1 atom stereocenters. The van der Waals surface area contributed by atoms with E-state index < -0.39 is 23.4 Å². The van der Waals surface area contributed by atoms with Gasteiger partial charge in [-0.1, -0.05) is 6.92 Å². The molecule has 26 heavy (non-hydrogen) atoms. The van der Waals surface area contributed by atoms with Crippen molar-refractivity contribution in [2.75, 3.05) is 19.0 Å². The Morgan fingerprint density at radius 1 is 1.31 bits per heavy atom. The first kappa shape index (κ1) is 18.4. The van der Waals surface area contributed by atoms with Crippen molar-refractivity contribution in [3.8, 4) is 11.5 Å². The fourth-order valence-electron chi connectivity index (χ4n) is 2.56. The Balaban J connectivity index is 1.57. The van der Waals surface area contributed by atoms with E-state index in [1.54, 1.807) is 13.8 Å². The van der Waals surface area contributed by atoms with Crippen LogP contribution in [0.1, 0.15) is 26.7 Å². The number of carbonyl (C=O) groups excluding carboxylic acids is 3. The van der Waals surface area contributed by atoms with E-state index in [2.05, 4.69) is 10.7 Å². The van der Waals surface area contributed by atoms with Gasteiger partial charge >= 0.3 is 6.03 Å². The predicted molar refractivity (Wildman–Crippen MR) is 95.0 cm³/mol. The van der Waals surface area contributed by atoms with Crippen LogP contribution in [0, 0.1) is 0 Å². The molecule has 0 aromatic heterocycles. The number of urea groups is 1. The number of rotatable bonds is 5. The summed E-state index contributed by atoms with van der Waals surface area (Å²) in [5, 5.41) is 3.33. The van der Waals surface area contributed by atoms with Gasteiger partial charge in [0, 0.05) is 11.3 Å². The van der Waals surface area contributed by atoms with Crippen molar-refractivity contribution in [3.05, 3.63) is 18.2 Å². The highest BCUT2D eigenvalue weighted by Gasteiger charge is 2.47. The number of hydrogen-bond acceptors (Lipinski definition) is 6. The van der Waals surface area contributed by atoms with Crippen molar-refractivity contribution in [3.63, 3.8) is 0 Å². The van der Waals surface area contributed by atoms with Crippen LogP contribution in [-0.4, -0.2) is 47.4 Å². The van der Waals surface area contributed by atoms with Crippen LogP contribution in [0.25, 0.3) is 0 Å². The Bertz CT molecular complexity index is 741. The van der Waals surface area contributed by atoms with Crippen molar-refractivity contribution in [2.24, 2.45) is 0 Å². The number of ether oxygens (including phenoxy) is 2. The Hall–Kier alpha value is -2.42. The SMILES string of the molecule is CCC1(C)NC(=O)N(NC(=O)CSc2ccc3c(c2)OCCCO3)C1=O. The molecule has 4 amide bonds. The maximum Gasteiger partial charge on any atom is 0.344 e. The highest BCUT2D eigenvalue weighted by Crippen LogP contribution is 2.33. The Labute approximate surface area is 155 Å². The number of nitrogens with one attached hydrogen (secondary N) is 2. The van der Waals surface area contributed by atoms with E-state index >= 15 is 0 Å². The molecule has 3 rings (SSSR count). The van der Waals surface area contributed by atoms with Gasteiger partial charge in [0.1, 0.15) is 5.54 Å². The first-order valence-electron chi connectivity index (χ1n) is 8.41. The van der Waals surface area contributed by atoms with Gasteiger partial charge in [-0.3, -0.25) is 15.0 Å². The lowest BCUT2D eigenvalue weighted by Crippen LogP contribution is -2.49. The zero-order chi connectivity index (χ0) is 18.7. The number of carbonyl (C=O) groups is 3. The smallest absolute Gasteiger partial charge is 0.344 e. The minimum atomic E-state index is -0.980. The number of nitrogens with zero attached hydrogens (tertiary/aromatic N) is 1. The lowest BCUT2D eigenvalue weighted by Gasteiger charge is -2.19. The molecular weight excluding hydrogens is 358 g/mol. The van der Waals surface area contributed by atoms with Crippen LogP contribution in [0.15, 0.2) is 23.1 Å². The average Bonchev–Trinajstić information content (AvgIpc) is 2.80. The second-order valence-electron chi connectivity index (χ2n) is 6.24. The topological polar surface area (TPSA) is 97.0 Å². The van der Waals surface area contributed by atoms with Crippen molar-refractivity contribution < 1.29 is 23.9 Å². The highest BCUT2D eigenvalue weighted by atomic mass is 32.2. The van der Waals surface area contributed by atoms with Crippen LogP contribution in [0.5, 0.6) is 11.5 Å².